The fraction of sp³-hybridized carbons (Fsp3) is 0.263. The summed E-state index contributed by atoms with van der Waals surface area (Å²) < 4.78 is 29.6. The van der Waals surface area contributed by atoms with E-state index in [0.717, 1.165) is 11.1 Å². The monoisotopic (exact) mass is 328 g/mol. The summed E-state index contributed by atoms with van der Waals surface area (Å²) >= 11 is 0. The number of benzene rings is 2. The van der Waals surface area contributed by atoms with Crippen molar-refractivity contribution in [2.45, 2.75) is 31.3 Å². The molecule has 0 unspecified atom stereocenters. The Morgan fingerprint density at radius 1 is 1.00 bits per heavy atom. The summed E-state index contributed by atoms with van der Waals surface area (Å²) in [6.45, 7) is 3.04. The Bertz CT molecular complexity index is 767. The first kappa shape index (κ1) is 17.3. The first-order valence-electron chi connectivity index (χ1n) is 7.51. The molecule has 2 aromatic carbocycles. The number of hydrogen-bond acceptors (Lipinski definition) is 3. The van der Waals surface area contributed by atoms with Crippen LogP contribution in [0.25, 0.3) is 0 Å². The fourth-order valence-corrected chi connectivity index (χ4v) is 2.85. The summed E-state index contributed by atoms with van der Waals surface area (Å²) in [4.78, 5) is 0.246. The van der Waals surface area contributed by atoms with Crippen molar-refractivity contribution in [1.82, 2.24) is 0 Å². The van der Waals surface area contributed by atoms with Crippen LogP contribution in [0.5, 0.6) is 0 Å². The summed E-state index contributed by atoms with van der Waals surface area (Å²) in [5.41, 5.74) is 2.15. The van der Waals surface area contributed by atoms with E-state index in [9.17, 15) is 8.42 Å². The molecule has 0 saturated carbocycles. The van der Waals surface area contributed by atoms with Gasteiger partial charge in [0.15, 0.2) is 0 Å². The second-order valence-corrected chi connectivity index (χ2v) is 6.92. The third-order valence-corrected chi connectivity index (χ3v) is 4.55. The van der Waals surface area contributed by atoms with Gasteiger partial charge in [-0.05, 0) is 31.0 Å². The van der Waals surface area contributed by atoms with Crippen LogP contribution in [-0.2, 0) is 21.2 Å². The van der Waals surface area contributed by atoms with Gasteiger partial charge >= 0.3 is 0 Å². The highest BCUT2D eigenvalue weighted by Crippen LogP contribution is 2.11. The molecule has 0 aliphatic heterocycles. The highest BCUT2D eigenvalue weighted by molar-refractivity contribution is 7.96. The lowest BCUT2D eigenvalue weighted by molar-refractivity contribution is 0.119. The lowest BCUT2D eigenvalue weighted by Crippen LogP contribution is -1.97. The maximum atomic E-state index is 12.0. The third kappa shape index (κ3) is 5.90. The Morgan fingerprint density at radius 3 is 2.39 bits per heavy atom. The quantitative estimate of drug-likeness (QED) is 0.461. The molecule has 120 valence electrons. The molecule has 0 aromatic heterocycles. The molecular formula is C19H20O3S. The molecule has 0 radical (unpaired) electrons. The molecule has 2 aromatic rings. The largest absolute Gasteiger partial charge is 0.377 e. The van der Waals surface area contributed by atoms with Gasteiger partial charge in [-0.1, -0.05) is 53.9 Å². The van der Waals surface area contributed by atoms with Gasteiger partial charge in [0.2, 0.25) is 9.84 Å². The number of aryl methyl sites for hydroxylation is 1. The van der Waals surface area contributed by atoms with Gasteiger partial charge in [-0.2, -0.15) is 0 Å². The van der Waals surface area contributed by atoms with E-state index in [2.05, 4.69) is 11.2 Å². The first-order chi connectivity index (χ1) is 11.1. The summed E-state index contributed by atoms with van der Waals surface area (Å²) in [5, 5.41) is 2.37. The predicted molar refractivity (Wildman–Crippen MR) is 91.5 cm³/mol. The van der Waals surface area contributed by atoms with E-state index in [4.69, 9.17) is 4.74 Å². The van der Waals surface area contributed by atoms with Crippen molar-refractivity contribution in [2.24, 2.45) is 0 Å². The maximum absolute atomic E-state index is 12.0. The van der Waals surface area contributed by atoms with Crippen LogP contribution in [0.4, 0.5) is 0 Å². The smallest absolute Gasteiger partial charge is 0.245 e. The van der Waals surface area contributed by atoms with E-state index in [1.165, 1.54) is 0 Å². The summed E-state index contributed by atoms with van der Waals surface area (Å²) in [6.07, 6.45) is 1.21. The normalized spacial score (nSPS) is 10.8. The highest BCUT2D eigenvalue weighted by atomic mass is 32.2. The minimum absolute atomic E-state index is 0.246. The van der Waals surface area contributed by atoms with Gasteiger partial charge in [0.1, 0.15) is 0 Å². The summed E-state index contributed by atoms with van der Waals surface area (Å²) in [6, 6.07) is 16.6. The Hall–Kier alpha value is -2.09. The Kier molecular flexibility index (Phi) is 6.40. The second kappa shape index (κ2) is 8.52. The van der Waals surface area contributed by atoms with Crippen LogP contribution in [0.2, 0.25) is 0 Å². The Balaban J connectivity index is 1.74. The van der Waals surface area contributed by atoms with Crippen LogP contribution in [0, 0.1) is 18.1 Å². The number of ether oxygens (including phenoxy) is 1. The molecule has 0 spiro atoms. The number of hydrogen-bond donors (Lipinski definition) is 0. The van der Waals surface area contributed by atoms with Gasteiger partial charge in [0, 0.05) is 18.3 Å². The van der Waals surface area contributed by atoms with Crippen LogP contribution in [-0.4, -0.2) is 15.0 Å². The molecule has 3 nitrogen and oxygen atoms in total. The molecule has 0 aliphatic carbocycles. The van der Waals surface area contributed by atoms with Gasteiger partial charge in [0.05, 0.1) is 11.5 Å². The molecule has 0 amide bonds. The Morgan fingerprint density at radius 2 is 1.70 bits per heavy atom. The maximum Gasteiger partial charge on any atom is 0.245 e. The van der Waals surface area contributed by atoms with E-state index in [-0.39, 0.29) is 4.90 Å². The molecule has 0 atom stereocenters. The fourth-order valence-electron chi connectivity index (χ4n) is 1.95. The van der Waals surface area contributed by atoms with Gasteiger partial charge in [0.25, 0.3) is 0 Å². The van der Waals surface area contributed by atoms with Crippen molar-refractivity contribution in [3.8, 4) is 11.2 Å². The average Bonchev–Trinajstić information content (AvgIpc) is 2.55. The van der Waals surface area contributed by atoms with Gasteiger partial charge in [-0.3, -0.25) is 0 Å². The Labute approximate surface area is 138 Å². The SMILES string of the molecule is Cc1ccc(S(=O)(=O)C#CCCCOCc2ccccc2)cc1. The molecule has 23 heavy (non-hydrogen) atoms. The molecule has 0 N–H and O–H groups in total. The van der Waals surface area contributed by atoms with E-state index >= 15 is 0 Å². The zero-order valence-corrected chi connectivity index (χ0v) is 14.0. The van der Waals surface area contributed by atoms with E-state index in [1.807, 2.05) is 37.3 Å². The van der Waals surface area contributed by atoms with Gasteiger partial charge < -0.3 is 4.74 Å². The van der Waals surface area contributed by atoms with Crippen molar-refractivity contribution >= 4 is 9.84 Å². The molecule has 0 heterocycles. The van der Waals surface area contributed by atoms with Crippen LogP contribution in [0.1, 0.15) is 24.0 Å². The summed E-state index contributed by atoms with van der Waals surface area (Å²) in [7, 11) is -3.51. The number of sulfone groups is 1. The predicted octanol–water partition coefficient (Wildman–Crippen LogP) is 3.73. The third-order valence-electron chi connectivity index (χ3n) is 3.24. The van der Waals surface area contributed by atoms with Crippen molar-refractivity contribution in [3.05, 3.63) is 65.7 Å². The molecule has 2 rings (SSSR count). The minimum atomic E-state index is -3.51. The summed E-state index contributed by atoms with van der Waals surface area (Å²) in [5.74, 6) is 2.72. The van der Waals surface area contributed by atoms with E-state index in [1.54, 1.807) is 24.3 Å². The van der Waals surface area contributed by atoms with Crippen molar-refractivity contribution in [3.63, 3.8) is 0 Å². The first-order valence-corrected chi connectivity index (χ1v) is 8.99. The van der Waals surface area contributed by atoms with Crippen LogP contribution >= 0.6 is 0 Å². The van der Waals surface area contributed by atoms with Crippen LogP contribution in [0.15, 0.2) is 59.5 Å². The second-order valence-electron chi connectivity index (χ2n) is 5.24. The molecule has 4 heteroatoms. The lowest BCUT2D eigenvalue weighted by atomic mass is 10.2. The minimum Gasteiger partial charge on any atom is -0.377 e. The zero-order valence-electron chi connectivity index (χ0n) is 13.2. The van der Waals surface area contributed by atoms with Crippen LogP contribution < -0.4 is 0 Å². The van der Waals surface area contributed by atoms with Gasteiger partial charge in [-0.25, -0.2) is 8.42 Å². The lowest BCUT2D eigenvalue weighted by Gasteiger charge is -2.02. The molecule has 0 saturated heterocycles. The van der Waals surface area contributed by atoms with Crippen LogP contribution in [0.3, 0.4) is 0 Å². The molecule has 0 fully saturated rings. The van der Waals surface area contributed by atoms with E-state index < -0.39 is 9.84 Å². The van der Waals surface area contributed by atoms with Crippen molar-refractivity contribution in [2.75, 3.05) is 6.61 Å². The zero-order chi connectivity index (χ0) is 16.5. The molecule has 0 aliphatic rings. The number of unbranched alkanes of at least 4 members (excludes halogenated alkanes) is 1. The highest BCUT2D eigenvalue weighted by Gasteiger charge is 2.09. The van der Waals surface area contributed by atoms with Gasteiger partial charge in [-0.15, -0.1) is 0 Å². The standard InChI is InChI=1S/C19H20O3S/c1-17-10-12-19(13-11-17)23(20,21)15-7-3-6-14-22-16-18-8-4-2-5-9-18/h2,4-5,8-13H,3,6,14,16H2,1H3. The average molecular weight is 328 g/mol. The molecule has 0 bridgehead atoms. The topological polar surface area (TPSA) is 43.4 Å². The van der Waals surface area contributed by atoms with Crippen molar-refractivity contribution < 1.29 is 13.2 Å². The molecular weight excluding hydrogens is 308 g/mol. The van der Waals surface area contributed by atoms with Crippen molar-refractivity contribution in [1.29, 1.82) is 0 Å². The number of rotatable bonds is 6. The van der Waals surface area contributed by atoms with E-state index in [0.29, 0.717) is 26.1 Å².